The standard InChI is InChI=1S/C16H17N3O3.C9H11N3O6S.C9H11N3O3.C4H8O.2CH4/c20-16-18-10-13(6-7-15(18)14-8-9-21-17-14)19(16)22-11-12-4-2-1-3-5-12;13-9-11-5-6(12(9)18-19(14,15)16)1-2-8(11)7-3-4-17-10-7;13-9-11-5-6(12(9)14)1-2-8(11)7-3-4-15-10-7;1-2-4-5-3-1;;/h1-5,8-9,13,15H,6-7,10-11H2;3-4,6,8H,1-2,5H2,(H,14,15,16);3-4,6,8,14H,1-2,5H2;1-4H2;2*1H4/t13-,15+;2*6-,8+;;;/m111.../s1. The molecule has 2 N–H and O–H groups in total. The number of hydrogen-bond donors (Lipinski definition) is 2. The Morgan fingerprint density at radius 2 is 1.06 bits per heavy atom. The molecule has 1 aromatic carbocycles. The van der Waals surface area contributed by atoms with Crippen molar-refractivity contribution in [1.29, 1.82) is 0 Å². The summed E-state index contributed by atoms with van der Waals surface area (Å²) in [6.07, 6.45) is 11.6. The summed E-state index contributed by atoms with van der Waals surface area (Å²) in [5, 5.41) is 24.2. The highest BCUT2D eigenvalue weighted by Crippen LogP contribution is 2.40. The highest BCUT2D eigenvalue weighted by molar-refractivity contribution is 7.80. The zero-order valence-corrected chi connectivity index (χ0v) is 33.8. The maximum absolute atomic E-state index is 12.6. The number of hydroxylamine groups is 6. The Morgan fingerprint density at radius 3 is 1.51 bits per heavy atom. The SMILES string of the molecule is C.C.C1CCOC1.O=C1N(O)[C@@H]2CC[C@@H](c3ccon3)N1C2.O=C1N2C[C@@H](CC[C@H]2c2ccon2)N1OCc1ccccc1.O=C1N2C[C@@H](CC[C@H]2c2ccon2)N1OS(=O)(=O)O. The van der Waals surface area contributed by atoms with E-state index >= 15 is 0 Å². The van der Waals surface area contributed by atoms with Gasteiger partial charge in [0.2, 0.25) is 0 Å². The number of carbonyl (C=O) groups is 3. The third-order valence-electron chi connectivity index (χ3n) is 11.6. The number of piperidine rings is 3. The van der Waals surface area contributed by atoms with Crippen molar-refractivity contribution < 1.29 is 60.0 Å². The molecule has 0 aliphatic carbocycles. The van der Waals surface area contributed by atoms with Gasteiger partial charge in [-0.1, -0.05) is 60.7 Å². The minimum absolute atomic E-state index is 0. The molecule has 23 heteroatoms. The van der Waals surface area contributed by atoms with Gasteiger partial charge in [-0.2, -0.15) is 18.5 Å². The topological polar surface area (TPSA) is 251 Å². The maximum atomic E-state index is 12.6. The summed E-state index contributed by atoms with van der Waals surface area (Å²) < 4.78 is 53.8. The summed E-state index contributed by atoms with van der Waals surface area (Å²) in [7, 11) is -4.71. The van der Waals surface area contributed by atoms with Crippen molar-refractivity contribution in [3.63, 3.8) is 0 Å². The van der Waals surface area contributed by atoms with Gasteiger partial charge in [-0.25, -0.2) is 19.4 Å². The summed E-state index contributed by atoms with van der Waals surface area (Å²) in [4.78, 5) is 47.0. The van der Waals surface area contributed by atoms with Crippen molar-refractivity contribution in [3.8, 4) is 0 Å². The zero-order chi connectivity index (χ0) is 42.5. The first-order chi connectivity index (χ1) is 29.6. The molecular weight excluding hydrogens is 847 g/mol. The van der Waals surface area contributed by atoms with E-state index in [9.17, 15) is 28.0 Å². The summed E-state index contributed by atoms with van der Waals surface area (Å²) in [5.74, 6) is 0. The predicted molar refractivity (Wildman–Crippen MR) is 218 cm³/mol. The Balaban J connectivity index is 0.000000148. The van der Waals surface area contributed by atoms with Crippen LogP contribution in [0.15, 0.2) is 80.9 Å². The minimum atomic E-state index is -4.71. The summed E-state index contributed by atoms with van der Waals surface area (Å²) >= 11 is 0. The number of carbonyl (C=O) groups excluding carboxylic acids is 3. The molecule has 11 rings (SSSR count). The first kappa shape index (κ1) is 46.9. The van der Waals surface area contributed by atoms with Crippen molar-refractivity contribution in [3.05, 3.63) is 90.0 Å². The molecule has 7 aliphatic heterocycles. The van der Waals surface area contributed by atoms with Crippen LogP contribution in [0.25, 0.3) is 0 Å². The molecule has 7 fully saturated rings. The fourth-order valence-electron chi connectivity index (χ4n) is 8.61. The average molecular weight is 902 g/mol. The van der Waals surface area contributed by atoms with Gasteiger partial charge >= 0.3 is 28.5 Å². The van der Waals surface area contributed by atoms with Crippen molar-refractivity contribution in [2.24, 2.45) is 0 Å². The van der Waals surface area contributed by atoms with Gasteiger partial charge in [-0.3, -0.25) is 14.6 Å². The summed E-state index contributed by atoms with van der Waals surface area (Å²) in [6, 6.07) is 13.5. The lowest BCUT2D eigenvalue weighted by atomic mass is 9.99. The Bertz CT molecular complexity index is 2150. The van der Waals surface area contributed by atoms with E-state index in [0.29, 0.717) is 49.8 Å². The molecule has 6 bridgehead atoms. The quantitative estimate of drug-likeness (QED) is 0.148. The second-order valence-corrected chi connectivity index (χ2v) is 16.4. The lowest BCUT2D eigenvalue weighted by Crippen LogP contribution is -2.35. The largest absolute Gasteiger partial charge is 0.418 e. The number of amides is 6. The smallest absolute Gasteiger partial charge is 0.381 e. The van der Waals surface area contributed by atoms with E-state index in [0.717, 1.165) is 60.9 Å². The Morgan fingerprint density at radius 1 is 0.619 bits per heavy atom. The molecular formula is C40H55N9O13S. The van der Waals surface area contributed by atoms with Crippen molar-refractivity contribution in [2.45, 2.75) is 109 Å². The lowest BCUT2D eigenvalue weighted by molar-refractivity contribution is -0.140. The van der Waals surface area contributed by atoms with Crippen LogP contribution in [-0.2, 0) is 30.9 Å². The Kier molecular flexibility index (Phi) is 15.4. The summed E-state index contributed by atoms with van der Waals surface area (Å²) in [6.45, 7) is 4.00. The second kappa shape index (κ2) is 20.7. The molecule has 0 spiro atoms. The Labute approximate surface area is 364 Å². The van der Waals surface area contributed by atoms with Crippen LogP contribution in [-0.4, -0.2) is 133 Å². The van der Waals surface area contributed by atoms with E-state index in [1.165, 1.54) is 35.3 Å². The molecule has 0 unspecified atom stereocenters. The van der Waals surface area contributed by atoms with Crippen LogP contribution in [0.5, 0.6) is 0 Å². The van der Waals surface area contributed by atoms with E-state index in [4.69, 9.17) is 27.7 Å². The molecule has 10 heterocycles. The number of rotatable bonds is 8. The van der Waals surface area contributed by atoms with Crippen LogP contribution in [0.3, 0.4) is 0 Å². The minimum Gasteiger partial charge on any atom is -0.381 e. The van der Waals surface area contributed by atoms with Crippen molar-refractivity contribution in [1.82, 2.24) is 45.4 Å². The van der Waals surface area contributed by atoms with Gasteiger partial charge in [0, 0.05) is 51.0 Å². The third kappa shape index (κ3) is 10.6. The Hall–Kier alpha value is -5.59. The van der Waals surface area contributed by atoms with Gasteiger partial charge < -0.3 is 33.0 Å². The number of hydrogen-bond acceptors (Lipinski definition) is 15. The van der Waals surface area contributed by atoms with Crippen LogP contribution in [0.2, 0.25) is 0 Å². The normalized spacial score (nSPS) is 25.7. The molecule has 6 atom stereocenters. The molecule has 4 aromatic rings. The number of benzene rings is 1. The number of urea groups is 3. The fourth-order valence-corrected chi connectivity index (χ4v) is 9.00. The molecule has 344 valence electrons. The van der Waals surface area contributed by atoms with Crippen molar-refractivity contribution >= 4 is 28.5 Å². The number of ether oxygens (including phenoxy) is 1. The maximum Gasteiger partial charge on any atom is 0.418 e. The average Bonchev–Trinajstić information content (AvgIpc) is 4.15. The predicted octanol–water partition coefficient (Wildman–Crippen LogP) is 6.17. The summed E-state index contributed by atoms with van der Waals surface area (Å²) in [5.41, 5.74) is 3.24. The molecule has 3 aromatic heterocycles. The van der Waals surface area contributed by atoms with E-state index in [1.807, 2.05) is 41.3 Å². The number of aromatic nitrogens is 3. The van der Waals surface area contributed by atoms with Crippen LogP contribution in [0.1, 0.15) is 107 Å². The number of fused-ring (bicyclic) bond motifs is 6. The number of nitrogens with zero attached hydrogens (tertiary/aromatic N) is 9. The lowest BCUT2D eigenvalue weighted by Gasteiger charge is -2.28. The van der Waals surface area contributed by atoms with Gasteiger partial charge in [0.05, 0.1) is 36.3 Å². The molecule has 7 saturated heterocycles. The van der Waals surface area contributed by atoms with Gasteiger partial charge in [0.1, 0.15) is 42.5 Å². The van der Waals surface area contributed by atoms with Crippen LogP contribution in [0.4, 0.5) is 14.4 Å². The zero-order valence-electron chi connectivity index (χ0n) is 33.0. The highest BCUT2D eigenvalue weighted by atomic mass is 32.3. The molecule has 0 saturated carbocycles. The molecule has 63 heavy (non-hydrogen) atoms. The highest BCUT2D eigenvalue weighted by Gasteiger charge is 2.49. The van der Waals surface area contributed by atoms with E-state index in [1.54, 1.807) is 23.3 Å². The third-order valence-corrected chi connectivity index (χ3v) is 12.0. The van der Waals surface area contributed by atoms with Gasteiger partial charge in [-0.05, 0) is 56.9 Å². The van der Waals surface area contributed by atoms with Crippen LogP contribution < -0.4 is 0 Å². The van der Waals surface area contributed by atoms with E-state index in [-0.39, 0.29) is 57.1 Å². The molecule has 0 radical (unpaired) electrons. The van der Waals surface area contributed by atoms with Gasteiger partial charge in [-0.15, -0.1) is 4.28 Å². The van der Waals surface area contributed by atoms with Crippen LogP contribution in [0, 0.1) is 0 Å². The van der Waals surface area contributed by atoms with Gasteiger partial charge in [0.15, 0.2) is 0 Å². The molecule has 6 amide bonds. The van der Waals surface area contributed by atoms with Crippen LogP contribution >= 0.6 is 0 Å². The first-order valence-corrected chi connectivity index (χ1v) is 21.5. The second-order valence-electron chi connectivity index (χ2n) is 15.4. The monoisotopic (exact) mass is 901 g/mol. The molecule has 22 nitrogen and oxygen atoms in total. The fraction of sp³-hybridized carbons (Fsp3) is 0.550. The van der Waals surface area contributed by atoms with Crippen molar-refractivity contribution in [2.75, 3.05) is 32.8 Å². The van der Waals surface area contributed by atoms with E-state index in [2.05, 4.69) is 19.8 Å². The first-order valence-electron chi connectivity index (χ1n) is 20.2. The van der Waals surface area contributed by atoms with E-state index < -0.39 is 22.5 Å². The van der Waals surface area contributed by atoms with Gasteiger partial charge in [0.25, 0.3) is 0 Å². The molecule has 7 aliphatic rings.